The van der Waals surface area contributed by atoms with E-state index in [2.05, 4.69) is 9.82 Å². The van der Waals surface area contributed by atoms with Crippen LogP contribution < -0.4 is 4.72 Å². The summed E-state index contributed by atoms with van der Waals surface area (Å²) in [6.07, 6.45) is 1.63. The molecule has 1 aromatic carbocycles. The van der Waals surface area contributed by atoms with E-state index in [-0.39, 0.29) is 11.9 Å². The van der Waals surface area contributed by atoms with Crippen molar-refractivity contribution in [1.29, 1.82) is 0 Å². The normalized spacial score (nSPS) is 16.7. The molecule has 0 aliphatic carbocycles. The Kier molecular flexibility index (Phi) is 5.28. The zero-order valence-corrected chi connectivity index (χ0v) is 18.3. The SMILES string of the molecule is Cc1ccsc1C1CC(c2ccccc2NS(C)(=O)=O)=NN1C(=O)c1cccs1. The van der Waals surface area contributed by atoms with Gasteiger partial charge in [0, 0.05) is 16.9 Å². The Bertz CT molecular complexity index is 1180. The van der Waals surface area contributed by atoms with Crippen LogP contribution in [-0.4, -0.2) is 31.3 Å². The summed E-state index contributed by atoms with van der Waals surface area (Å²) in [7, 11) is -3.44. The number of anilines is 1. The number of rotatable bonds is 5. The van der Waals surface area contributed by atoms with E-state index < -0.39 is 10.0 Å². The minimum atomic E-state index is -3.44. The lowest BCUT2D eigenvalue weighted by molar-refractivity contribution is 0.0718. The number of para-hydroxylation sites is 1. The molecule has 0 fully saturated rings. The Hall–Kier alpha value is -2.49. The molecule has 1 unspecified atom stereocenters. The zero-order valence-electron chi connectivity index (χ0n) is 15.8. The molecule has 150 valence electrons. The lowest BCUT2D eigenvalue weighted by Gasteiger charge is -2.20. The van der Waals surface area contributed by atoms with Gasteiger partial charge in [0.25, 0.3) is 5.91 Å². The molecular formula is C20H19N3O3S3. The number of hydrogen-bond acceptors (Lipinski definition) is 6. The van der Waals surface area contributed by atoms with Gasteiger partial charge in [0.2, 0.25) is 10.0 Å². The number of hydrazone groups is 1. The van der Waals surface area contributed by atoms with Crippen molar-refractivity contribution in [1.82, 2.24) is 5.01 Å². The molecule has 1 aliphatic heterocycles. The fourth-order valence-electron chi connectivity index (χ4n) is 3.33. The van der Waals surface area contributed by atoms with Crippen LogP contribution in [0.2, 0.25) is 0 Å². The Morgan fingerprint density at radius 3 is 2.59 bits per heavy atom. The number of carbonyl (C=O) groups is 1. The molecule has 4 rings (SSSR count). The molecule has 3 aromatic rings. The highest BCUT2D eigenvalue weighted by molar-refractivity contribution is 7.92. The van der Waals surface area contributed by atoms with Gasteiger partial charge in [-0.3, -0.25) is 9.52 Å². The Morgan fingerprint density at radius 1 is 1.14 bits per heavy atom. The minimum absolute atomic E-state index is 0.152. The molecular weight excluding hydrogens is 426 g/mol. The third kappa shape index (κ3) is 4.12. The number of amides is 1. The molecule has 29 heavy (non-hydrogen) atoms. The van der Waals surface area contributed by atoms with Gasteiger partial charge in [-0.15, -0.1) is 22.7 Å². The van der Waals surface area contributed by atoms with E-state index in [9.17, 15) is 13.2 Å². The van der Waals surface area contributed by atoms with Crippen LogP contribution in [-0.2, 0) is 10.0 Å². The van der Waals surface area contributed by atoms with Crippen molar-refractivity contribution in [3.8, 4) is 0 Å². The van der Waals surface area contributed by atoms with Crippen LogP contribution in [0.5, 0.6) is 0 Å². The lowest BCUT2D eigenvalue weighted by Crippen LogP contribution is -2.26. The van der Waals surface area contributed by atoms with E-state index in [1.54, 1.807) is 29.5 Å². The van der Waals surface area contributed by atoms with Crippen LogP contribution >= 0.6 is 22.7 Å². The highest BCUT2D eigenvalue weighted by Crippen LogP contribution is 2.39. The average molecular weight is 446 g/mol. The van der Waals surface area contributed by atoms with Gasteiger partial charge in [-0.25, -0.2) is 13.4 Å². The molecule has 1 aliphatic rings. The van der Waals surface area contributed by atoms with Crippen LogP contribution in [0.1, 0.15) is 38.1 Å². The first-order chi connectivity index (χ1) is 13.8. The average Bonchev–Trinajstić information content (AvgIpc) is 3.40. The number of nitrogens with zero attached hydrogens (tertiary/aromatic N) is 2. The molecule has 0 radical (unpaired) electrons. The van der Waals surface area contributed by atoms with Crippen molar-refractivity contribution in [3.05, 3.63) is 74.1 Å². The second-order valence-electron chi connectivity index (χ2n) is 6.78. The van der Waals surface area contributed by atoms with Gasteiger partial charge in [0.1, 0.15) is 0 Å². The quantitative estimate of drug-likeness (QED) is 0.629. The van der Waals surface area contributed by atoms with Gasteiger partial charge in [0.05, 0.1) is 28.6 Å². The van der Waals surface area contributed by atoms with Gasteiger partial charge in [0.15, 0.2) is 0 Å². The first-order valence-electron chi connectivity index (χ1n) is 8.89. The highest BCUT2D eigenvalue weighted by Gasteiger charge is 2.36. The first-order valence-corrected chi connectivity index (χ1v) is 12.5. The Morgan fingerprint density at radius 2 is 1.93 bits per heavy atom. The molecule has 2 aromatic heterocycles. The highest BCUT2D eigenvalue weighted by atomic mass is 32.2. The summed E-state index contributed by atoms with van der Waals surface area (Å²) >= 11 is 2.98. The molecule has 0 saturated heterocycles. The second kappa shape index (κ2) is 7.74. The number of carbonyl (C=O) groups excluding carboxylic acids is 1. The zero-order chi connectivity index (χ0) is 20.6. The van der Waals surface area contributed by atoms with E-state index >= 15 is 0 Å². The van der Waals surface area contributed by atoms with Crippen LogP contribution in [0.4, 0.5) is 5.69 Å². The van der Waals surface area contributed by atoms with E-state index in [4.69, 9.17) is 0 Å². The van der Waals surface area contributed by atoms with Crippen LogP contribution in [0.25, 0.3) is 0 Å². The largest absolute Gasteiger partial charge is 0.284 e. The summed E-state index contributed by atoms with van der Waals surface area (Å²) in [5.41, 5.74) is 2.93. The van der Waals surface area contributed by atoms with Crippen LogP contribution in [0.3, 0.4) is 0 Å². The third-order valence-electron chi connectivity index (χ3n) is 4.59. The van der Waals surface area contributed by atoms with Crippen LogP contribution in [0, 0.1) is 6.92 Å². The maximum Gasteiger partial charge on any atom is 0.284 e. The van der Waals surface area contributed by atoms with Crippen molar-refractivity contribution in [2.24, 2.45) is 5.10 Å². The number of nitrogens with one attached hydrogen (secondary N) is 1. The number of sulfonamides is 1. The van der Waals surface area contributed by atoms with Crippen molar-refractivity contribution in [2.45, 2.75) is 19.4 Å². The summed E-state index contributed by atoms with van der Waals surface area (Å²) in [5, 5.41) is 10.1. The predicted octanol–water partition coefficient (Wildman–Crippen LogP) is 4.48. The Balaban J connectivity index is 1.77. The predicted molar refractivity (Wildman–Crippen MR) is 118 cm³/mol. The number of hydrogen-bond donors (Lipinski definition) is 1. The first kappa shape index (κ1) is 19.8. The lowest BCUT2D eigenvalue weighted by atomic mass is 10.0. The maximum atomic E-state index is 13.1. The molecule has 1 amide bonds. The van der Waals surface area contributed by atoms with Crippen molar-refractivity contribution >= 4 is 50.0 Å². The molecule has 9 heteroatoms. The fourth-order valence-corrected chi connectivity index (χ4v) is 5.57. The molecule has 3 heterocycles. The van der Waals surface area contributed by atoms with E-state index in [1.165, 1.54) is 16.3 Å². The van der Waals surface area contributed by atoms with Crippen molar-refractivity contribution in [3.63, 3.8) is 0 Å². The number of aryl methyl sites for hydroxylation is 1. The Labute approximate surface area is 177 Å². The maximum absolute atomic E-state index is 13.1. The molecule has 0 bridgehead atoms. The van der Waals surface area contributed by atoms with E-state index in [0.717, 1.165) is 16.7 Å². The standard InChI is InChI=1S/C20H19N3O3S3/c1-13-9-11-28-19(13)17-12-16(21-23(17)20(24)18-8-5-10-27-18)14-6-3-4-7-15(14)22-29(2,25)26/h3-11,17,22H,12H2,1-2H3. The van der Waals surface area contributed by atoms with E-state index in [1.807, 2.05) is 41.9 Å². The van der Waals surface area contributed by atoms with Gasteiger partial charge in [-0.05, 0) is 41.4 Å². The monoisotopic (exact) mass is 445 g/mol. The van der Waals surface area contributed by atoms with Gasteiger partial charge in [-0.2, -0.15) is 5.10 Å². The molecule has 6 nitrogen and oxygen atoms in total. The number of benzene rings is 1. The molecule has 1 atom stereocenters. The number of thiophene rings is 2. The minimum Gasteiger partial charge on any atom is -0.283 e. The second-order valence-corrected chi connectivity index (χ2v) is 10.4. The van der Waals surface area contributed by atoms with Gasteiger partial charge in [-0.1, -0.05) is 24.3 Å². The van der Waals surface area contributed by atoms with Gasteiger partial charge >= 0.3 is 0 Å². The summed E-state index contributed by atoms with van der Waals surface area (Å²) in [4.78, 5) is 14.8. The molecule has 1 N–H and O–H groups in total. The van der Waals surface area contributed by atoms with E-state index in [0.29, 0.717) is 28.3 Å². The summed E-state index contributed by atoms with van der Waals surface area (Å²) < 4.78 is 26.1. The summed E-state index contributed by atoms with van der Waals surface area (Å²) in [5.74, 6) is -0.152. The molecule has 0 spiro atoms. The van der Waals surface area contributed by atoms with Gasteiger partial charge < -0.3 is 0 Å². The third-order valence-corrected chi connectivity index (χ3v) is 7.16. The van der Waals surface area contributed by atoms with Crippen LogP contribution in [0.15, 0.2) is 58.3 Å². The van der Waals surface area contributed by atoms with Crippen molar-refractivity contribution in [2.75, 3.05) is 11.0 Å². The summed E-state index contributed by atoms with van der Waals surface area (Å²) in [6.45, 7) is 2.02. The molecule has 0 saturated carbocycles. The smallest absolute Gasteiger partial charge is 0.283 e. The summed E-state index contributed by atoms with van der Waals surface area (Å²) in [6, 6.07) is 12.6. The topological polar surface area (TPSA) is 78.8 Å². The fraction of sp³-hybridized carbons (Fsp3) is 0.200. The van der Waals surface area contributed by atoms with Crippen molar-refractivity contribution < 1.29 is 13.2 Å².